The molecule has 0 aromatic heterocycles. The molecule has 0 heterocycles. The lowest BCUT2D eigenvalue weighted by Gasteiger charge is -2.11. The number of aliphatic imine (C=N–C) groups is 1. The Morgan fingerprint density at radius 1 is 1.09 bits per heavy atom. The van der Waals surface area contributed by atoms with Gasteiger partial charge in [0.1, 0.15) is 5.75 Å². The number of aryl methyl sites for hydroxylation is 1. The first-order valence-corrected chi connectivity index (χ1v) is 8.05. The van der Waals surface area contributed by atoms with Gasteiger partial charge in [-0.25, -0.2) is 0 Å². The number of hydrogen-bond donors (Lipinski definition) is 2. The van der Waals surface area contributed by atoms with Gasteiger partial charge in [0.2, 0.25) is 0 Å². The highest BCUT2D eigenvalue weighted by molar-refractivity contribution is 14.0. The second-order valence-corrected chi connectivity index (χ2v) is 4.90. The minimum absolute atomic E-state index is 0. The van der Waals surface area contributed by atoms with Crippen LogP contribution in [0.1, 0.15) is 25.8 Å². The zero-order valence-corrected chi connectivity index (χ0v) is 16.8. The number of nitrogens with zero attached hydrogens (tertiary/aromatic N) is 1. The molecule has 0 radical (unpaired) electrons. The molecule has 132 valence electrons. The maximum atomic E-state index is 5.69. The summed E-state index contributed by atoms with van der Waals surface area (Å²) < 4.78 is 11.0. The topological polar surface area (TPSA) is 54.9 Å². The molecular formula is C17H30IN3O2. The lowest BCUT2D eigenvalue weighted by atomic mass is 10.2. The fourth-order valence-electron chi connectivity index (χ4n) is 1.81. The highest BCUT2D eigenvalue weighted by atomic mass is 127. The van der Waals surface area contributed by atoms with Crippen molar-refractivity contribution in [1.29, 1.82) is 0 Å². The van der Waals surface area contributed by atoms with Crippen molar-refractivity contribution in [1.82, 2.24) is 10.6 Å². The second-order valence-electron chi connectivity index (χ2n) is 4.90. The van der Waals surface area contributed by atoms with E-state index in [1.165, 1.54) is 5.56 Å². The third-order valence-corrected chi connectivity index (χ3v) is 2.95. The van der Waals surface area contributed by atoms with Crippen LogP contribution in [0.3, 0.4) is 0 Å². The van der Waals surface area contributed by atoms with Crippen molar-refractivity contribution in [2.24, 2.45) is 4.99 Å². The number of halogens is 1. The van der Waals surface area contributed by atoms with Gasteiger partial charge in [0, 0.05) is 32.7 Å². The summed E-state index contributed by atoms with van der Waals surface area (Å²) >= 11 is 0. The summed E-state index contributed by atoms with van der Waals surface area (Å²) in [6, 6.07) is 8.11. The van der Waals surface area contributed by atoms with E-state index in [4.69, 9.17) is 9.47 Å². The van der Waals surface area contributed by atoms with Gasteiger partial charge in [0.05, 0.1) is 13.2 Å². The first-order valence-electron chi connectivity index (χ1n) is 8.05. The SMILES string of the molecule is CCNC(=NCCCOc1ccc(C)cc1)NCCOCC.I. The lowest BCUT2D eigenvalue weighted by Crippen LogP contribution is -2.39. The molecule has 0 saturated heterocycles. The van der Waals surface area contributed by atoms with Crippen LogP contribution in [0, 0.1) is 6.92 Å². The van der Waals surface area contributed by atoms with Crippen LogP contribution < -0.4 is 15.4 Å². The molecule has 0 aliphatic carbocycles. The van der Waals surface area contributed by atoms with Gasteiger partial charge in [-0.2, -0.15) is 0 Å². The summed E-state index contributed by atoms with van der Waals surface area (Å²) in [6.45, 7) is 10.6. The first-order chi connectivity index (χ1) is 10.8. The fourth-order valence-corrected chi connectivity index (χ4v) is 1.81. The van der Waals surface area contributed by atoms with Crippen molar-refractivity contribution in [2.45, 2.75) is 27.2 Å². The Balaban J connectivity index is 0.00000484. The van der Waals surface area contributed by atoms with E-state index in [2.05, 4.69) is 41.6 Å². The van der Waals surface area contributed by atoms with Gasteiger partial charge >= 0.3 is 0 Å². The normalized spacial score (nSPS) is 10.8. The molecule has 2 N–H and O–H groups in total. The molecule has 1 aromatic rings. The van der Waals surface area contributed by atoms with E-state index < -0.39 is 0 Å². The first kappa shape index (κ1) is 22.0. The van der Waals surface area contributed by atoms with Crippen LogP contribution in [-0.2, 0) is 4.74 Å². The van der Waals surface area contributed by atoms with Crippen molar-refractivity contribution in [3.8, 4) is 5.75 Å². The zero-order chi connectivity index (χ0) is 16.0. The Bertz CT molecular complexity index is 424. The van der Waals surface area contributed by atoms with Gasteiger partial charge in [-0.05, 0) is 32.9 Å². The number of nitrogens with one attached hydrogen (secondary N) is 2. The van der Waals surface area contributed by atoms with Crippen molar-refractivity contribution in [3.05, 3.63) is 29.8 Å². The summed E-state index contributed by atoms with van der Waals surface area (Å²) in [5, 5.41) is 6.46. The van der Waals surface area contributed by atoms with Crippen LogP contribution in [0.2, 0.25) is 0 Å². The third-order valence-electron chi connectivity index (χ3n) is 2.95. The average molecular weight is 435 g/mol. The largest absolute Gasteiger partial charge is 0.494 e. The van der Waals surface area contributed by atoms with Crippen LogP contribution in [0.4, 0.5) is 0 Å². The van der Waals surface area contributed by atoms with Gasteiger partial charge in [0.25, 0.3) is 0 Å². The fraction of sp³-hybridized carbons (Fsp3) is 0.588. The summed E-state index contributed by atoms with van der Waals surface area (Å²) in [5.41, 5.74) is 1.24. The van der Waals surface area contributed by atoms with Gasteiger partial charge in [-0.3, -0.25) is 4.99 Å². The minimum atomic E-state index is 0. The zero-order valence-electron chi connectivity index (χ0n) is 14.4. The molecule has 0 bridgehead atoms. The molecule has 0 amide bonds. The van der Waals surface area contributed by atoms with Crippen LogP contribution in [-0.4, -0.2) is 45.4 Å². The Labute approximate surface area is 157 Å². The second kappa shape index (κ2) is 14.6. The molecule has 0 saturated carbocycles. The number of guanidine groups is 1. The van der Waals surface area contributed by atoms with E-state index in [0.29, 0.717) is 13.2 Å². The van der Waals surface area contributed by atoms with Crippen molar-refractivity contribution in [3.63, 3.8) is 0 Å². The Hall–Kier alpha value is -1.02. The minimum Gasteiger partial charge on any atom is -0.494 e. The molecule has 0 aliphatic rings. The van der Waals surface area contributed by atoms with Crippen LogP contribution >= 0.6 is 24.0 Å². The van der Waals surface area contributed by atoms with Crippen LogP contribution in [0.15, 0.2) is 29.3 Å². The molecule has 0 unspecified atom stereocenters. The quantitative estimate of drug-likeness (QED) is 0.257. The van der Waals surface area contributed by atoms with Crippen molar-refractivity contribution >= 4 is 29.9 Å². The van der Waals surface area contributed by atoms with E-state index >= 15 is 0 Å². The molecule has 6 heteroatoms. The maximum absolute atomic E-state index is 5.69. The van der Waals surface area contributed by atoms with E-state index in [0.717, 1.165) is 44.4 Å². The lowest BCUT2D eigenvalue weighted by molar-refractivity contribution is 0.152. The van der Waals surface area contributed by atoms with Crippen molar-refractivity contribution < 1.29 is 9.47 Å². The van der Waals surface area contributed by atoms with E-state index in [-0.39, 0.29) is 24.0 Å². The molecule has 0 spiro atoms. The summed E-state index contributed by atoms with van der Waals surface area (Å²) in [4.78, 5) is 4.52. The summed E-state index contributed by atoms with van der Waals surface area (Å²) in [5.74, 6) is 1.74. The van der Waals surface area contributed by atoms with Gasteiger partial charge in [-0.15, -0.1) is 24.0 Å². The van der Waals surface area contributed by atoms with Crippen molar-refractivity contribution in [2.75, 3.05) is 39.5 Å². The predicted molar refractivity (Wildman–Crippen MR) is 107 cm³/mol. The van der Waals surface area contributed by atoms with Gasteiger partial charge in [-0.1, -0.05) is 17.7 Å². The van der Waals surface area contributed by atoms with Crippen LogP contribution in [0.5, 0.6) is 5.75 Å². The molecular weight excluding hydrogens is 405 g/mol. The number of benzene rings is 1. The molecule has 0 atom stereocenters. The molecule has 5 nitrogen and oxygen atoms in total. The Kier molecular flexibility index (Phi) is 13.9. The molecule has 1 rings (SSSR count). The third kappa shape index (κ3) is 11.2. The Morgan fingerprint density at radius 3 is 2.48 bits per heavy atom. The average Bonchev–Trinajstić information content (AvgIpc) is 2.53. The standard InChI is InChI=1S/C17H29N3O2.HI/c1-4-18-17(20-12-14-21-5-2)19-11-6-13-22-16-9-7-15(3)8-10-16;/h7-10H,4-6,11-14H2,1-3H3,(H2,18,19,20);1H. The maximum Gasteiger partial charge on any atom is 0.191 e. The Morgan fingerprint density at radius 2 is 1.83 bits per heavy atom. The molecule has 1 aromatic carbocycles. The number of ether oxygens (including phenoxy) is 2. The van der Waals surface area contributed by atoms with Crippen LogP contribution in [0.25, 0.3) is 0 Å². The smallest absolute Gasteiger partial charge is 0.191 e. The molecule has 0 aliphatic heterocycles. The summed E-state index contributed by atoms with van der Waals surface area (Å²) in [7, 11) is 0. The predicted octanol–water partition coefficient (Wildman–Crippen LogP) is 2.97. The van der Waals surface area contributed by atoms with E-state index in [9.17, 15) is 0 Å². The number of rotatable bonds is 10. The molecule has 0 fully saturated rings. The molecule has 23 heavy (non-hydrogen) atoms. The highest BCUT2D eigenvalue weighted by Gasteiger charge is 1.97. The number of hydrogen-bond acceptors (Lipinski definition) is 3. The van der Waals surface area contributed by atoms with Gasteiger partial charge < -0.3 is 20.1 Å². The van der Waals surface area contributed by atoms with E-state index in [1.54, 1.807) is 0 Å². The van der Waals surface area contributed by atoms with E-state index in [1.807, 2.05) is 19.1 Å². The highest BCUT2D eigenvalue weighted by Crippen LogP contribution is 2.11. The van der Waals surface area contributed by atoms with Gasteiger partial charge in [0.15, 0.2) is 5.96 Å². The monoisotopic (exact) mass is 435 g/mol. The summed E-state index contributed by atoms with van der Waals surface area (Å²) in [6.07, 6.45) is 0.885.